The van der Waals surface area contributed by atoms with Crippen molar-refractivity contribution in [3.63, 3.8) is 0 Å². The maximum Gasteiger partial charge on any atom is 0.332 e. The molecule has 4 aliphatic rings. The Kier molecular flexibility index (Phi) is 13.8. The summed E-state index contributed by atoms with van der Waals surface area (Å²) in [6, 6.07) is 24.0. The predicted octanol–water partition coefficient (Wildman–Crippen LogP) is 9.03. The molecule has 1 unspecified atom stereocenters. The molecule has 0 radical (unpaired) electrons. The highest BCUT2D eigenvalue weighted by atomic mass is 31.2. The standard InChI is InChI=1S/C13H11O2P.C7H15O3P.C7H7O2P.C3H7O2P/c1-14-16-13-9-5-3-7-11(13)10-6-2-4-8-12(10)15-16;1-4-8-11-9-5-7(2,3)6-10-11;1-10-8-6-4-2-3-5-7(6)9-10;1-6-4-2-3-5-6/h2-9H,1H3;4-6H2,1-3H3;2-5H,1H3;2-3H2,1H3. The van der Waals surface area contributed by atoms with Crippen LogP contribution < -0.4 is 18.9 Å². The van der Waals surface area contributed by atoms with Crippen LogP contribution in [0.3, 0.4) is 0 Å². The molecule has 0 saturated carbocycles. The quantitative estimate of drug-likeness (QED) is 0.254. The molecule has 0 N–H and O–H groups in total. The van der Waals surface area contributed by atoms with E-state index in [1.54, 1.807) is 7.11 Å². The van der Waals surface area contributed by atoms with Crippen molar-refractivity contribution in [3.05, 3.63) is 72.8 Å². The number of para-hydroxylation sites is 3. The van der Waals surface area contributed by atoms with Gasteiger partial charge in [-0.2, -0.15) is 0 Å². The fourth-order valence-electron chi connectivity index (χ4n) is 3.88. The molecule has 2 saturated heterocycles. The van der Waals surface area contributed by atoms with Crippen molar-refractivity contribution in [1.29, 1.82) is 0 Å². The number of hydrogen-bond donors (Lipinski definition) is 0. The largest absolute Gasteiger partial charge is 0.443 e. The van der Waals surface area contributed by atoms with Gasteiger partial charge >= 0.3 is 8.60 Å². The molecular formula is C30H40O9P4. The summed E-state index contributed by atoms with van der Waals surface area (Å²) in [5, 5.41) is 1.15. The van der Waals surface area contributed by atoms with E-state index >= 15 is 0 Å². The van der Waals surface area contributed by atoms with E-state index in [0.717, 1.165) is 54.5 Å². The van der Waals surface area contributed by atoms with Crippen molar-refractivity contribution < 1.29 is 40.7 Å². The topological polar surface area (TPSA) is 83.1 Å². The monoisotopic (exact) mass is 668 g/mol. The molecule has 1 atom stereocenters. The second kappa shape index (κ2) is 17.3. The number of fused-ring (bicyclic) bond motifs is 4. The van der Waals surface area contributed by atoms with Gasteiger partial charge in [0, 0.05) is 31.4 Å². The Hall–Kier alpha value is -1.46. The summed E-state index contributed by atoms with van der Waals surface area (Å²) in [6.07, 6.45) is 0. The average Bonchev–Trinajstić information content (AvgIpc) is 3.66. The first-order chi connectivity index (χ1) is 20.8. The second-order valence-corrected chi connectivity index (χ2v) is 15.5. The molecule has 0 bridgehead atoms. The summed E-state index contributed by atoms with van der Waals surface area (Å²) in [4.78, 5) is 0. The van der Waals surface area contributed by atoms with Gasteiger partial charge in [0.15, 0.2) is 19.9 Å². The van der Waals surface area contributed by atoms with Gasteiger partial charge in [-0.25, -0.2) is 0 Å². The molecule has 0 spiro atoms. The molecule has 4 heterocycles. The summed E-state index contributed by atoms with van der Waals surface area (Å²) < 4.78 is 47.9. The Labute approximate surface area is 260 Å². The first-order valence-electron chi connectivity index (χ1n) is 13.9. The van der Waals surface area contributed by atoms with Crippen molar-refractivity contribution in [1.82, 2.24) is 0 Å². The Morgan fingerprint density at radius 1 is 0.674 bits per heavy atom. The van der Waals surface area contributed by atoms with Gasteiger partial charge in [0.1, 0.15) is 5.75 Å². The third-order valence-electron chi connectivity index (χ3n) is 5.91. The second-order valence-electron chi connectivity index (χ2n) is 10.1. The van der Waals surface area contributed by atoms with Crippen LogP contribution in [0.1, 0.15) is 20.8 Å². The smallest absolute Gasteiger partial charge is 0.332 e. The number of hydrogen-bond acceptors (Lipinski definition) is 9. The number of rotatable bonds is 3. The maximum atomic E-state index is 5.85. The van der Waals surface area contributed by atoms with Crippen molar-refractivity contribution in [2.75, 3.05) is 53.5 Å². The van der Waals surface area contributed by atoms with Gasteiger partial charge in [-0.05, 0) is 36.8 Å². The molecule has 9 nitrogen and oxygen atoms in total. The van der Waals surface area contributed by atoms with Crippen LogP contribution in [0.15, 0.2) is 72.8 Å². The van der Waals surface area contributed by atoms with Gasteiger partial charge in [0.05, 0.1) is 38.3 Å². The Bertz CT molecular complexity index is 1240. The van der Waals surface area contributed by atoms with E-state index in [1.807, 2.05) is 74.9 Å². The van der Waals surface area contributed by atoms with Crippen LogP contribution in [0.25, 0.3) is 11.1 Å². The zero-order chi connectivity index (χ0) is 30.7. The maximum absolute atomic E-state index is 5.85. The first kappa shape index (κ1) is 34.4. The molecule has 234 valence electrons. The highest BCUT2D eigenvalue weighted by Crippen LogP contribution is 2.50. The van der Waals surface area contributed by atoms with Gasteiger partial charge in [-0.1, -0.05) is 62.4 Å². The molecule has 43 heavy (non-hydrogen) atoms. The van der Waals surface area contributed by atoms with Crippen molar-refractivity contribution in [2.45, 2.75) is 20.8 Å². The highest BCUT2D eigenvalue weighted by Gasteiger charge is 2.30. The third kappa shape index (κ3) is 10.6. The molecule has 0 aliphatic carbocycles. The molecule has 0 aromatic heterocycles. The first-order valence-corrected chi connectivity index (χ1v) is 19.4. The van der Waals surface area contributed by atoms with Crippen LogP contribution in [0.4, 0.5) is 0 Å². The van der Waals surface area contributed by atoms with Gasteiger partial charge in [0.25, 0.3) is 16.8 Å². The van der Waals surface area contributed by atoms with Crippen molar-refractivity contribution >= 4 is 39.0 Å². The Balaban J connectivity index is 0.000000139. The Morgan fingerprint density at radius 2 is 1.21 bits per heavy atom. The fraction of sp³-hybridized carbons (Fsp3) is 0.400. The molecule has 3 aromatic carbocycles. The number of benzene rings is 3. The minimum Gasteiger partial charge on any atom is -0.443 e. The van der Waals surface area contributed by atoms with E-state index in [0.29, 0.717) is 6.61 Å². The summed E-state index contributed by atoms with van der Waals surface area (Å²) in [5.41, 5.74) is 2.52. The van der Waals surface area contributed by atoms with Crippen LogP contribution in [0.2, 0.25) is 0 Å². The zero-order valence-electron chi connectivity index (χ0n) is 25.4. The van der Waals surface area contributed by atoms with Crippen molar-refractivity contribution in [2.24, 2.45) is 5.41 Å². The average molecular weight is 669 g/mol. The minimum atomic E-state index is -1.03. The molecule has 4 aliphatic heterocycles. The highest BCUT2D eigenvalue weighted by molar-refractivity contribution is 7.56. The lowest BCUT2D eigenvalue weighted by atomic mass is 9.97. The van der Waals surface area contributed by atoms with E-state index in [4.69, 9.17) is 40.7 Å². The van der Waals surface area contributed by atoms with Crippen LogP contribution >= 0.6 is 33.7 Å². The van der Waals surface area contributed by atoms with Gasteiger partial charge in [-0.3, -0.25) is 0 Å². The molecule has 0 amide bonds. The van der Waals surface area contributed by atoms with Crippen molar-refractivity contribution in [3.8, 4) is 28.4 Å². The zero-order valence-corrected chi connectivity index (χ0v) is 29.0. The lowest BCUT2D eigenvalue weighted by Crippen LogP contribution is -2.28. The molecule has 3 aromatic rings. The predicted molar refractivity (Wildman–Crippen MR) is 176 cm³/mol. The fourth-order valence-corrected chi connectivity index (χ4v) is 8.16. The lowest BCUT2D eigenvalue weighted by Gasteiger charge is -2.32. The van der Waals surface area contributed by atoms with E-state index in [9.17, 15) is 0 Å². The molecule has 2 fully saturated rings. The SMILES string of the molecule is CCOP1OCC(C)(C)CO1.COP1Oc2ccccc2-c2ccccc21.CP1OCCO1.CP1Oc2ccccc2O1. The minimum absolute atomic E-state index is 0.149. The van der Waals surface area contributed by atoms with E-state index < -0.39 is 33.7 Å². The van der Waals surface area contributed by atoms with E-state index in [2.05, 4.69) is 32.0 Å². The van der Waals surface area contributed by atoms with E-state index in [-0.39, 0.29) is 5.41 Å². The molecule has 7 rings (SSSR count). The Morgan fingerprint density at radius 3 is 1.74 bits per heavy atom. The van der Waals surface area contributed by atoms with Crippen LogP contribution in [0, 0.1) is 5.41 Å². The summed E-state index contributed by atoms with van der Waals surface area (Å²) in [7, 11) is -1.47. The van der Waals surface area contributed by atoms with Gasteiger partial charge in [0.2, 0.25) is 0 Å². The third-order valence-corrected chi connectivity index (χ3v) is 10.5. The van der Waals surface area contributed by atoms with E-state index in [1.165, 1.54) is 5.56 Å². The normalized spacial score (nSPS) is 20.1. The molecule has 13 heteroatoms. The summed E-state index contributed by atoms with van der Waals surface area (Å²) in [6.45, 7) is 13.8. The summed E-state index contributed by atoms with van der Waals surface area (Å²) in [5.74, 6) is 2.65. The van der Waals surface area contributed by atoms with Crippen LogP contribution in [-0.4, -0.2) is 53.5 Å². The van der Waals surface area contributed by atoms with Gasteiger partial charge in [-0.15, -0.1) is 0 Å². The summed E-state index contributed by atoms with van der Waals surface area (Å²) >= 11 is 0. The van der Waals surface area contributed by atoms with Crippen LogP contribution in [-0.2, 0) is 27.1 Å². The molecular weight excluding hydrogens is 628 g/mol. The van der Waals surface area contributed by atoms with Crippen LogP contribution in [0.5, 0.6) is 17.2 Å². The lowest BCUT2D eigenvalue weighted by molar-refractivity contribution is 0.0292. The van der Waals surface area contributed by atoms with Gasteiger partial charge < -0.3 is 40.7 Å².